The van der Waals surface area contributed by atoms with Gasteiger partial charge in [-0.3, -0.25) is 9.59 Å². The van der Waals surface area contributed by atoms with Crippen LogP contribution in [0.1, 0.15) is 44.0 Å². The molecule has 1 aliphatic rings. The van der Waals surface area contributed by atoms with Crippen molar-refractivity contribution in [2.75, 3.05) is 19.6 Å². The maximum Gasteiger partial charge on any atom is 0.253 e. The van der Waals surface area contributed by atoms with Crippen LogP contribution in [0, 0.1) is 11.8 Å². The topological polar surface area (TPSA) is 75.4 Å². The Kier molecular flexibility index (Phi) is 6.47. The number of carbonyl (C=O) groups is 2. The van der Waals surface area contributed by atoms with Gasteiger partial charge < -0.3 is 16.0 Å². The molecule has 0 saturated carbocycles. The summed E-state index contributed by atoms with van der Waals surface area (Å²) in [5.41, 5.74) is 6.03. The second-order valence-corrected chi connectivity index (χ2v) is 7.80. The van der Waals surface area contributed by atoms with E-state index in [9.17, 15) is 9.59 Å². The number of hydrogen-bond acceptors (Lipinski definition) is 3. The lowest BCUT2D eigenvalue weighted by Crippen LogP contribution is -2.58. The molecule has 1 aliphatic heterocycles. The molecule has 3 N–H and O–H groups in total. The number of halogens is 1. The van der Waals surface area contributed by atoms with Crippen LogP contribution in [0.15, 0.2) is 24.3 Å². The van der Waals surface area contributed by atoms with E-state index in [0.717, 1.165) is 12.8 Å². The van der Waals surface area contributed by atoms with Crippen LogP contribution >= 0.6 is 11.6 Å². The smallest absolute Gasteiger partial charge is 0.253 e. The summed E-state index contributed by atoms with van der Waals surface area (Å²) < 4.78 is 0. The number of amides is 2. The maximum atomic E-state index is 12.7. The lowest BCUT2D eigenvalue weighted by atomic mass is 9.87. The van der Waals surface area contributed by atoms with Crippen LogP contribution in [0.3, 0.4) is 0 Å². The SMILES string of the molecule is CC(C)C(C)(CN)NC(=O)C1CCCN(C(=O)c2ccc(Cl)cc2)C1. The second-order valence-electron chi connectivity index (χ2n) is 7.36. The zero-order chi connectivity index (χ0) is 18.6. The Balaban J connectivity index is 2.03. The molecular weight excluding hydrogens is 338 g/mol. The first-order valence-corrected chi connectivity index (χ1v) is 9.21. The lowest BCUT2D eigenvalue weighted by Gasteiger charge is -2.37. The first kappa shape index (κ1) is 19.7. The maximum absolute atomic E-state index is 12.7. The van der Waals surface area contributed by atoms with Gasteiger partial charge in [0.25, 0.3) is 5.91 Å². The van der Waals surface area contributed by atoms with Gasteiger partial charge in [-0.05, 0) is 49.9 Å². The van der Waals surface area contributed by atoms with Gasteiger partial charge in [0.05, 0.1) is 11.5 Å². The summed E-state index contributed by atoms with van der Waals surface area (Å²) in [6.45, 7) is 7.55. The average molecular weight is 366 g/mol. The second kappa shape index (κ2) is 8.19. The highest BCUT2D eigenvalue weighted by molar-refractivity contribution is 6.30. The van der Waals surface area contributed by atoms with Gasteiger partial charge in [0.2, 0.25) is 5.91 Å². The molecule has 5 nitrogen and oxygen atoms in total. The highest BCUT2D eigenvalue weighted by Gasteiger charge is 2.34. The number of nitrogens with one attached hydrogen (secondary N) is 1. The number of likely N-dealkylation sites (tertiary alicyclic amines) is 1. The van der Waals surface area contributed by atoms with E-state index in [1.54, 1.807) is 29.2 Å². The van der Waals surface area contributed by atoms with E-state index in [1.165, 1.54) is 0 Å². The standard InChI is InChI=1S/C19H28ClN3O2/c1-13(2)19(3,12-21)22-17(24)15-5-4-10-23(11-15)18(25)14-6-8-16(20)9-7-14/h6-9,13,15H,4-5,10-12,21H2,1-3H3,(H,22,24). The molecule has 0 radical (unpaired) electrons. The minimum atomic E-state index is -0.431. The van der Waals surface area contributed by atoms with Crippen molar-refractivity contribution in [1.29, 1.82) is 0 Å². The molecule has 6 heteroatoms. The lowest BCUT2D eigenvalue weighted by molar-refractivity contribution is -0.128. The number of rotatable bonds is 5. The fraction of sp³-hybridized carbons (Fsp3) is 0.579. The first-order chi connectivity index (χ1) is 11.8. The van der Waals surface area contributed by atoms with Crippen molar-refractivity contribution in [3.05, 3.63) is 34.9 Å². The van der Waals surface area contributed by atoms with Gasteiger partial charge in [0.1, 0.15) is 0 Å². The summed E-state index contributed by atoms with van der Waals surface area (Å²) in [6, 6.07) is 6.85. The van der Waals surface area contributed by atoms with Gasteiger partial charge in [0.15, 0.2) is 0 Å². The van der Waals surface area contributed by atoms with Crippen LogP contribution < -0.4 is 11.1 Å². The molecule has 1 fully saturated rings. The summed E-state index contributed by atoms with van der Waals surface area (Å²) in [6.07, 6.45) is 1.60. The van der Waals surface area contributed by atoms with E-state index < -0.39 is 5.54 Å². The summed E-state index contributed by atoms with van der Waals surface area (Å²) >= 11 is 5.88. The molecule has 0 bridgehead atoms. The number of nitrogens with zero attached hydrogens (tertiary/aromatic N) is 1. The van der Waals surface area contributed by atoms with E-state index in [-0.39, 0.29) is 23.7 Å². The molecular formula is C19H28ClN3O2. The molecule has 1 aromatic rings. The molecule has 2 amide bonds. The predicted molar refractivity (Wildman–Crippen MR) is 101 cm³/mol. The number of hydrogen-bond donors (Lipinski definition) is 2. The summed E-state index contributed by atoms with van der Waals surface area (Å²) in [4.78, 5) is 27.1. The number of carbonyl (C=O) groups excluding carboxylic acids is 2. The minimum Gasteiger partial charge on any atom is -0.349 e. The fourth-order valence-corrected chi connectivity index (χ4v) is 3.09. The Labute approximate surface area is 154 Å². The molecule has 1 aromatic carbocycles. The molecule has 0 aromatic heterocycles. The predicted octanol–water partition coefficient (Wildman–Crippen LogP) is 2.68. The molecule has 2 atom stereocenters. The molecule has 2 unspecified atom stereocenters. The van der Waals surface area contributed by atoms with Crippen molar-refractivity contribution < 1.29 is 9.59 Å². The van der Waals surface area contributed by atoms with Crippen LogP contribution in [-0.2, 0) is 4.79 Å². The third-order valence-corrected chi connectivity index (χ3v) is 5.53. The Bertz CT molecular complexity index is 618. The number of benzene rings is 1. The average Bonchev–Trinajstić information content (AvgIpc) is 2.61. The molecule has 25 heavy (non-hydrogen) atoms. The Hall–Kier alpha value is -1.59. The van der Waals surface area contributed by atoms with Gasteiger partial charge in [-0.25, -0.2) is 0 Å². The number of nitrogens with two attached hydrogens (primary N) is 1. The van der Waals surface area contributed by atoms with Gasteiger partial charge in [-0.1, -0.05) is 25.4 Å². The third kappa shape index (κ3) is 4.73. The zero-order valence-electron chi connectivity index (χ0n) is 15.2. The van der Waals surface area contributed by atoms with Gasteiger partial charge >= 0.3 is 0 Å². The Morgan fingerprint density at radius 2 is 2.00 bits per heavy atom. The normalized spacial score (nSPS) is 20.2. The van der Waals surface area contributed by atoms with E-state index in [0.29, 0.717) is 30.2 Å². The Morgan fingerprint density at radius 3 is 2.56 bits per heavy atom. The van der Waals surface area contributed by atoms with E-state index in [2.05, 4.69) is 5.32 Å². The van der Waals surface area contributed by atoms with Crippen molar-refractivity contribution in [2.45, 2.75) is 39.2 Å². The molecule has 1 heterocycles. The van der Waals surface area contributed by atoms with Crippen LogP contribution in [0.5, 0.6) is 0 Å². The van der Waals surface area contributed by atoms with Gasteiger partial charge in [0, 0.05) is 30.2 Å². The molecule has 2 rings (SSSR count). The zero-order valence-corrected chi connectivity index (χ0v) is 16.0. The molecule has 0 aliphatic carbocycles. The minimum absolute atomic E-state index is 0.0183. The van der Waals surface area contributed by atoms with E-state index >= 15 is 0 Å². The van der Waals surface area contributed by atoms with Crippen LogP contribution in [-0.4, -0.2) is 41.9 Å². The molecule has 0 spiro atoms. The third-order valence-electron chi connectivity index (χ3n) is 5.28. The summed E-state index contributed by atoms with van der Waals surface area (Å²) in [5.74, 6) is -0.0404. The summed E-state index contributed by atoms with van der Waals surface area (Å²) in [7, 11) is 0. The van der Waals surface area contributed by atoms with Crippen LogP contribution in [0.4, 0.5) is 0 Å². The van der Waals surface area contributed by atoms with Crippen molar-refractivity contribution in [1.82, 2.24) is 10.2 Å². The fourth-order valence-electron chi connectivity index (χ4n) is 2.97. The van der Waals surface area contributed by atoms with Gasteiger partial charge in [-0.2, -0.15) is 0 Å². The molecule has 1 saturated heterocycles. The van der Waals surface area contributed by atoms with Crippen molar-refractivity contribution in [3.8, 4) is 0 Å². The van der Waals surface area contributed by atoms with Crippen LogP contribution in [0.25, 0.3) is 0 Å². The highest BCUT2D eigenvalue weighted by atomic mass is 35.5. The van der Waals surface area contributed by atoms with Crippen molar-refractivity contribution >= 4 is 23.4 Å². The molecule has 138 valence electrons. The highest BCUT2D eigenvalue weighted by Crippen LogP contribution is 2.22. The number of piperidine rings is 1. The first-order valence-electron chi connectivity index (χ1n) is 8.84. The van der Waals surface area contributed by atoms with Crippen LogP contribution in [0.2, 0.25) is 5.02 Å². The van der Waals surface area contributed by atoms with Gasteiger partial charge in [-0.15, -0.1) is 0 Å². The van der Waals surface area contributed by atoms with Crippen molar-refractivity contribution in [3.63, 3.8) is 0 Å². The van der Waals surface area contributed by atoms with Crippen molar-refractivity contribution in [2.24, 2.45) is 17.6 Å². The summed E-state index contributed by atoms with van der Waals surface area (Å²) in [5, 5.41) is 3.70. The Morgan fingerprint density at radius 1 is 1.36 bits per heavy atom. The largest absolute Gasteiger partial charge is 0.349 e. The van der Waals surface area contributed by atoms with E-state index in [4.69, 9.17) is 17.3 Å². The van der Waals surface area contributed by atoms with E-state index in [1.807, 2.05) is 20.8 Å². The quantitative estimate of drug-likeness (QED) is 0.842. The monoisotopic (exact) mass is 365 g/mol.